The molecule has 0 saturated heterocycles. The number of nitrogens with zero attached hydrogens (tertiary/aromatic N) is 2. The van der Waals surface area contributed by atoms with E-state index in [-0.39, 0.29) is 17.9 Å². The molecule has 0 atom stereocenters. The van der Waals surface area contributed by atoms with Crippen molar-refractivity contribution in [1.82, 2.24) is 15.3 Å². The number of halogens is 1. The summed E-state index contributed by atoms with van der Waals surface area (Å²) in [6, 6.07) is 5.79. The van der Waals surface area contributed by atoms with Crippen LogP contribution < -0.4 is 15.4 Å². The zero-order valence-electron chi connectivity index (χ0n) is 14.1. The smallest absolute Gasteiger partial charge is 0.320 e. The van der Waals surface area contributed by atoms with E-state index in [1.165, 1.54) is 32.0 Å². The van der Waals surface area contributed by atoms with E-state index in [1.807, 2.05) is 0 Å². The van der Waals surface area contributed by atoms with Crippen molar-refractivity contribution in [3.05, 3.63) is 36.4 Å². The minimum atomic E-state index is -0.389. The lowest BCUT2D eigenvalue weighted by Crippen LogP contribution is -2.39. The molecule has 1 saturated carbocycles. The van der Waals surface area contributed by atoms with Crippen LogP contribution in [0.4, 0.5) is 15.0 Å². The Bertz CT molecular complexity index is 748. The Hall–Kier alpha value is -2.70. The number of carbonyl (C=O) groups excluding carboxylic acids is 1. The quantitative estimate of drug-likeness (QED) is 0.886. The Kier molecular flexibility index (Phi) is 5.42. The number of nitrogens with one attached hydrogen (secondary N) is 2. The number of hydrogen-bond acceptors (Lipinski definition) is 4. The highest BCUT2D eigenvalue weighted by atomic mass is 19.1. The minimum absolute atomic E-state index is 0.215. The third kappa shape index (κ3) is 4.43. The van der Waals surface area contributed by atoms with Gasteiger partial charge in [0, 0.05) is 23.7 Å². The molecule has 0 spiro atoms. The fourth-order valence-electron chi connectivity index (χ4n) is 3.03. The third-order valence-electron chi connectivity index (χ3n) is 4.29. The summed E-state index contributed by atoms with van der Waals surface area (Å²) < 4.78 is 18.5. The molecule has 132 valence electrons. The van der Waals surface area contributed by atoms with Crippen molar-refractivity contribution in [2.24, 2.45) is 0 Å². The first-order valence-corrected chi connectivity index (χ1v) is 8.39. The van der Waals surface area contributed by atoms with Crippen molar-refractivity contribution in [3.8, 4) is 17.0 Å². The second-order valence-electron chi connectivity index (χ2n) is 6.07. The van der Waals surface area contributed by atoms with E-state index >= 15 is 0 Å². The molecule has 0 bridgehead atoms. The Morgan fingerprint density at radius 3 is 2.76 bits per heavy atom. The molecular formula is C18H21FN4O2. The number of carbonyl (C=O) groups is 1. The minimum Gasteiger partial charge on any atom is -0.496 e. The van der Waals surface area contributed by atoms with Crippen LogP contribution in [0.15, 0.2) is 30.6 Å². The number of hydrogen-bond donors (Lipinski definition) is 2. The van der Waals surface area contributed by atoms with E-state index in [0.29, 0.717) is 22.8 Å². The average molecular weight is 344 g/mol. The molecule has 0 aliphatic heterocycles. The fourth-order valence-corrected chi connectivity index (χ4v) is 3.03. The first-order chi connectivity index (χ1) is 12.2. The predicted octanol–water partition coefficient (Wildman–Crippen LogP) is 3.75. The molecule has 2 aromatic rings. The number of amides is 2. The summed E-state index contributed by atoms with van der Waals surface area (Å²) in [5.74, 6) is 0.362. The van der Waals surface area contributed by atoms with Gasteiger partial charge in [0.05, 0.1) is 12.8 Å². The zero-order valence-corrected chi connectivity index (χ0v) is 14.1. The summed E-state index contributed by atoms with van der Waals surface area (Å²) in [6.07, 6.45) is 6.90. The maximum absolute atomic E-state index is 13.3. The van der Waals surface area contributed by atoms with Gasteiger partial charge in [-0.1, -0.05) is 19.3 Å². The molecule has 1 aliphatic rings. The summed E-state index contributed by atoms with van der Waals surface area (Å²) in [5, 5.41) is 5.70. The number of methoxy groups -OCH3 is 1. The fraction of sp³-hybridized carbons (Fsp3) is 0.389. The van der Waals surface area contributed by atoms with Crippen molar-refractivity contribution in [2.75, 3.05) is 12.4 Å². The van der Waals surface area contributed by atoms with Crippen molar-refractivity contribution < 1.29 is 13.9 Å². The normalized spacial score (nSPS) is 14.8. The molecule has 0 unspecified atom stereocenters. The number of aromatic nitrogens is 2. The van der Waals surface area contributed by atoms with Gasteiger partial charge in [0.1, 0.15) is 23.7 Å². The van der Waals surface area contributed by atoms with Gasteiger partial charge in [0.25, 0.3) is 0 Å². The summed E-state index contributed by atoms with van der Waals surface area (Å²) in [4.78, 5) is 20.4. The van der Waals surface area contributed by atoms with Gasteiger partial charge in [-0.2, -0.15) is 0 Å². The monoisotopic (exact) mass is 344 g/mol. The Morgan fingerprint density at radius 2 is 2.00 bits per heavy atom. The largest absolute Gasteiger partial charge is 0.496 e. The van der Waals surface area contributed by atoms with E-state index < -0.39 is 0 Å². The van der Waals surface area contributed by atoms with E-state index in [1.54, 1.807) is 12.1 Å². The van der Waals surface area contributed by atoms with Crippen LogP contribution >= 0.6 is 0 Å². The van der Waals surface area contributed by atoms with Gasteiger partial charge in [-0.15, -0.1) is 0 Å². The van der Waals surface area contributed by atoms with Crippen molar-refractivity contribution in [3.63, 3.8) is 0 Å². The molecule has 1 aromatic carbocycles. The van der Waals surface area contributed by atoms with E-state index in [0.717, 1.165) is 25.7 Å². The summed E-state index contributed by atoms with van der Waals surface area (Å²) >= 11 is 0. The first-order valence-electron chi connectivity index (χ1n) is 8.39. The molecule has 7 heteroatoms. The molecule has 1 fully saturated rings. The molecule has 6 nitrogen and oxygen atoms in total. The Labute approximate surface area is 145 Å². The molecular weight excluding hydrogens is 323 g/mol. The van der Waals surface area contributed by atoms with Gasteiger partial charge >= 0.3 is 6.03 Å². The standard InChI is InChI=1S/C18H21FN4O2/c1-25-16-9-12(19)7-8-14(16)15-10-17(21-11-20-15)23-18(24)22-13-5-3-2-4-6-13/h7-11,13H,2-6H2,1H3,(H2,20,21,22,23,24). The van der Waals surface area contributed by atoms with Gasteiger partial charge in [-0.05, 0) is 25.0 Å². The summed E-state index contributed by atoms with van der Waals surface area (Å²) in [6.45, 7) is 0. The van der Waals surface area contributed by atoms with Crippen LogP contribution in [0.1, 0.15) is 32.1 Å². The number of benzene rings is 1. The molecule has 3 rings (SSSR count). The molecule has 25 heavy (non-hydrogen) atoms. The number of rotatable bonds is 4. The lowest BCUT2D eigenvalue weighted by atomic mass is 9.96. The van der Waals surface area contributed by atoms with Crippen LogP contribution in [0.2, 0.25) is 0 Å². The van der Waals surface area contributed by atoms with Crippen LogP contribution in [-0.2, 0) is 0 Å². The lowest BCUT2D eigenvalue weighted by molar-refractivity contribution is 0.244. The molecule has 2 amide bonds. The van der Waals surface area contributed by atoms with Gasteiger partial charge in [0.2, 0.25) is 0 Å². The molecule has 1 aliphatic carbocycles. The topological polar surface area (TPSA) is 76.1 Å². The molecule has 1 aromatic heterocycles. The van der Waals surface area contributed by atoms with Crippen molar-refractivity contribution >= 4 is 11.8 Å². The second-order valence-corrected chi connectivity index (χ2v) is 6.07. The maximum Gasteiger partial charge on any atom is 0.320 e. The van der Waals surface area contributed by atoms with Gasteiger partial charge in [-0.3, -0.25) is 5.32 Å². The van der Waals surface area contributed by atoms with Crippen LogP contribution in [0.25, 0.3) is 11.3 Å². The van der Waals surface area contributed by atoms with Crippen molar-refractivity contribution in [1.29, 1.82) is 0 Å². The highest BCUT2D eigenvalue weighted by Gasteiger charge is 2.16. The molecule has 1 heterocycles. The number of ether oxygens (including phenoxy) is 1. The third-order valence-corrected chi connectivity index (χ3v) is 4.29. The molecule has 2 N–H and O–H groups in total. The van der Waals surface area contributed by atoms with Crippen LogP contribution in [-0.4, -0.2) is 29.2 Å². The van der Waals surface area contributed by atoms with Crippen LogP contribution in [0, 0.1) is 5.82 Å². The number of anilines is 1. The van der Waals surface area contributed by atoms with E-state index in [4.69, 9.17) is 4.74 Å². The van der Waals surface area contributed by atoms with Crippen molar-refractivity contribution in [2.45, 2.75) is 38.1 Å². The average Bonchev–Trinajstić information content (AvgIpc) is 2.62. The van der Waals surface area contributed by atoms with E-state index in [2.05, 4.69) is 20.6 Å². The van der Waals surface area contributed by atoms with E-state index in [9.17, 15) is 9.18 Å². The maximum atomic E-state index is 13.3. The second kappa shape index (κ2) is 7.92. The first kappa shape index (κ1) is 17.1. The van der Waals surface area contributed by atoms with Gasteiger partial charge in [-0.25, -0.2) is 19.2 Å². The summed E-state index contributed by atoms with van der Waals surface area (Å²) in [5.41, 5.74) is 1.17. The lowest BCUT2D eigenvalue weighted by Gasteiger charge is -2.22. The van der Waals surface area contributed by atoms with Crippen LogP contribution in [0.5, 0.6) is 5.75 Å². The molecule has 0 radical (unpaired) electrons. The summed E-state index contributed by atoms with van der Waals surface area (Å²) in [7, 11) is 1.47. The van der Waals surface area contributed by atoms with Gasteiger partial charge < -0.3 is 10.1 Å². The Balaban J connectivity index is 1.72. The highest BCUT2D eigenvalue weighted by Crippen LogP contribution is 2.29. The highest BCUT2D eigenvalue weighted by molar-refractivity contribution is 5.89. The SMILES string of the molecule is COc1cc(F)ccc1-c1cc(NC(=O)NC2CCCCC2)ncn1. The zero-order chi connectivity index (χ0) is 17.6. The van der Waals surface area contributed by atoms with Gasteiger partial charge in [0.15, 0.2) is 0 Å². The Morgan fingerprint density at radius 1 is 1.20 bits per heavy atom. The predicted molar refractivity (Wildman–Crippen MR) is 93.0 cm³/mol. The number of urea groups is 1. The van der Waals surface area contributed by atoms with Crippen LogP contribution in [0.3, 0.4) is 0 Å².